The fraction of sp³-hybridized carbons (Fsp3) is 0.364. The molecule has 1 radical (unpaired) electrons. The van der Waals surface area contributed by atoms with E-state index >= 15 is 0 Å². The Morgan fingerprint density at radius 3 is 2.92 bits per heavy atom. The van der Waals surface area contributed by atoms with E-state index in [9.17, 15) is 0 Å². The molecule has 0 atom stereocenters. The van der Waals surface area contributed by atoms with E-state index in [1.54, 1.807) is 5.56 Å². The minimum Gasteiger partial charge on any atom is -0.324 e. The molecule has 0 amide bonds. The molecular weight excluding hydrogens is 394 g/mol. The Morgan fingerprint density at radius 1 is 1.25 bits per heavy atom. The molecule has 1 aromatic rings. The Bertz CT molecular complexity index is 266. The van der Waals surface area contributed by atoms with Crippen molar-refractivity contribution in [3.63, 3.8) is 0 Å². The van der Waals surface area contributed by atoms with Crippen molar-refractivity contribution in [3.8, 4) is 0 Å². The molecule has 1 heteroatoms. The number of hydrogen-bond donors (Lipinski definition) is 0. The molecule has 1 aliphatic carbocycles. The van der Waals surface area contributed by atoms with Crippen LogP contribution in [0.4, 0.5) is 0 Å². The van der Waals surface area contributed by atoms with Gasteiger partial charge in [0, 0.05) is 0 Å². The molecule has 0 fully saturated rings. The van der Waals surface area contributed by atoms with Crippen LogP contribution in [0, 0.1) is 13.3 Å². The summed E-state index contributed by atoms with van der Waals surface area (Å²) in [5.74, 6) is 0. The quantitative estimate of drug-likeness (QED) is 0.581. The fourth-order valence-electron chi connectivity index (χ4n) is 1.70. The molecule has 1 aliphatic rings. The maximum Gasteiger partial charge on any atom is 0 e. The molecule has 0 aliphatic heterocycles. The zero-order valence-corrected chi connectivity index (χ0v) is 9.34. The van der Waals surface area contributed by atoms with E-state index in [0.29, 0.717) is 0 Å². The topological polar surface area (TPSA) is 0 Å². The first-order valence-electron chi connectivity index (χ1n) is 4.26. The van der Waals surface area contributed by atoms with E-state index in [1.807, 2.05) is 0 Å². The van der Waals surface area contributed by atoms with Gasteiger partial charge in [0.25, 0.3) is 0 Å². The van der Waals surface area contributed by atoms with Gasteiger partial charge in [0.1, 0.15) is 0 Å². The molecule has 0 bridgehead atoms. The molecule has 0 saturated carbocycles. The minimum absolute atomic E-state index is 0. The normalized spacial score (nSPS) is 14.8. The summed E-state index contributed by atoms with van der Waals surface area (Å²) in [6.07, 6.45) is 6.06. The third kappa shape index (κ3) is 1.29. The van der Waals surface area contributed by atoms with Gasteiger partial charge in [-0.2, -0.15) is 12.8 Å². The largest absolute Gasteiger partial charge is 0.324 e. The maximum atomic E-state index is 2.38. The number of fused-ring (bicyclic) bond motifs is 1. The van der Waals surface area contributed by atoms with Gasteiger partial charge in [0.05, 0.1) is 0 Å². The summed E-state index contributed by atoms with van der Waals surface area (Å²) < 4.78 is 0. The Balaban J connectivity index is 0.000000720. The van der Waals surface area contributed by atoms with Gasteiger partial charge in [0.2, 0.25) is 0 Å². The van der Waals surface area contributed by atoms with Gasteiger partial charge in [-0.3, -0.25) is 0 Å². The van der Waals surface area contributed by atoms with Gasteiger partial charge in [-0.05, 0) is 12.5 Å². The zero-order chi connectivity index (χ0) is 7.68. The fourth-order valence-corrected chi connectivity index (χ4v) is 1.70. The molecular formula is C11H13Lr-. The number of aryl methyl sites for hydroxylation is 2. The smallest absolute Gasteiger partial charge is 0 e. The third-order valence-corrected chi connectivity index (χ3v) is 2.34. The summed E-state index contributed by atoms with van der Waals surface area (Å²) in [5.41, 5.74) is 4.48. The molecule has 0 spiro atoms. The maximum absolute atomic E-state index is 2.38. The van der Waals surface area contributed by atoms with E-state index in [2.05, 4.69) is 31.5 Å². The molecule has 73 valence electrons. The summed E-state index contributed by atoms with van der Waals surface area (Å²) in [4.78, 5) is 0. The van der Waals surface area contributed by atoms with Crippen molar-refractivity contribution in [1.82, 2.24) is 0 Å². The zero-order valence-electron chi connectivity index (χ0n) is 7.19. The van der Waals surface area contributed by atoms with Gasteiger partial charge in [0.15, 0.2) is 0 Å². The Morgan fingerprint density at radius 2 is 2.08 bits per heavy atom. The average Bonchev–Trinajstić information content (AvgIpc) is 2.04. The summed E-state index contributed by atoms with van der Waals surface area (Å²) in [7, 11) is 0. The van der Waals surface area contributed by atoms with Crippen molar-refractivity contribution < 1.29 is 0 Å². The molecule has 2 rings (SSSR count). The predicted octanol–water partition coefficient (Wildman–Crippen LogP) is 2.69. The van der Waals surface area contributed by atoms with Gasteiger partial charge in [-0.25, -0.2) is 0 Å². The minimum atomic E-state index is 0. The van der Waals surface area contributed by atoms with Crippen LogP contribution in [0.5, 0.6) is 0 Å². The second-order valence-electron chi connectivity index (χ2n) is 3.30. The van der Waals surface area contributed by atoms with Gasteiger partial charge >= 0.3 is 0 Å². The predicted molar refractivity (Wildman–Crippen MR) is 47.5 cm³/mol. The number of benzene rings is 1. The van der Waals surface area contributed by atoms with E-state index in [-0.39, 0.29) is 0 Å². The Labute approximate surface area is 68.3 Å². The molecule has 0 aromatic heterocycles. The van der Waals surface area contributed by atoms with Crippen molar-refractivity contribution >= 4 is 0 Å². The first kappa shape index (κ1) is 8.32. The van der Waals surface area contributed by atoms with Crippen LogP contribution in [-0.2, 0) is 12.8 Å². The van der Waals surface area contributed by atoms with Gasteiger partial charge < -0.3 is 6.42 Å². The van der Waals surface area contributed by atoms with Crippen LogP contribution in [0.2, 0.25) is 0 Å². The molecule has 0 N–H and O–H groups in total. The van der Waals surface area contributed by atoms with Gasteiger partial charge in [-0.15, -0.1) is 0 Å². The summed E-state index contributed by atoms with van der Waals surface area (Å²) in [6, 6.07) is 6.80. The molecule has 0 heterocycles. The molecule has 1 aromatic carbocycles. The SMILES string of the molecule is Cc1ccc2c(c1)C[CH-]CC2.[Lr]. The summed E-state index contributed by atoms with van der Waals surface area (Å²) in [5, 5.41) is 0. The molecule has 12 heavy (non-hydrogen) atoms. The number of rotatable bonds is 0. The van der Waals surface area contributed by atoms with Crippen LogP contribution >= 0.6 is 0 Å². The second-order valence-corrected chi connectivity index (χ2v) is 3.30. The molecule has 0 nitrogen and oxygen atoms in total. The third-order valence-electron chi connectivity index (χ3n) is 2.34. The standard InChI is InChI=1S/C11H13.Lr/c1-9-6-7-10-4-2-3-5-11(10)8-9;/h3,6-8H,2,4-5H2,1H3;/q-1;. The van der Waals surface area contributed by atoms with Crippen molar-refractivity contribution in [2.24, 2.45) is 0 Å². The summed E-state index contributed by atoms with van der Waals surface area (Å²) >= 11 is 0. The van der Waals surface area contributed by atoms with Crippen LogP contribution in [0.1, 0.15) is 23.1 Å². The Kier molecular flexibility index (Phi) is 2.14. The van der Waals surface area contributed by atoms with Crippen molar-refractivity contribution in [2.75, 3.05) is 0 Å². The van der Waals surface area contributed by atoms with E-state index < -0.39 is 0 Å². The van der Waals surface area contributed by atoms with E-state index in [0.717, 1.165) is 0 Å². The van der Waals surface area contributed by atoms with E-state index in [4.69, 9.17) is 0 Å². The average molecular weight is 407 g/mol. The number of hydrogen-bond acceptors (Lipinski definition) is 0. The van der Waals surface area contributed by atoms with Crippen LogP contribution in [-0.4, -0.2) is 0 Å². The monoisotopic (exact) mass is 407 g/mol. The van der Waals surface area contributed by atoms with Crippen LogP contribution < -0.4 is 0 Å². The first-order valence-corrected chi connectivity index (χ1v) is 4.26. The molecule has 0 saturated heterocycles. The summed E-state index contributed by atoms with van der Waals surface area (Å²) in [6.45, 7) is 2.16. The van der Waals surface area contributed by atoms with Gasteiger partial charge in [-0.1, -0.05) is 35.7 Å². The van der Waals surface area contributed by atoms with Crippen molar-refractivity contribution in [3.05, 3.63) is 41.3 Å². The first-order chi connectivity index (χ1) is 5.36. The van der Waals surface area contributed by atoms with E-state index in [1.165, 1.54) is 30.4 Å². The van der Waals surface area contributed by atoms with Crippen LogP contribution in [0.25, 0.3) is 0 Å². The molecule has 0 unspecified atom stereocenters. The van der Waals surface area contributed by atoms with Crippen LogP contribution in [0.15, 0.2) is 18.2 Å². The van der Waals surface area contributed by atoms with Crippen LogP contribution in [0.3, 0.4) is 0 Å². The van der Waals surface area contributed by atoms with Crippen molar-refractivity contribution in [2.45, 2.75) is 26.2 Å². The Hall–Kier alpha value is -1.78. The van der Waals surface area contributed by atoms with Crippen molar-refractivity contribution in [1.29, 1.82) is 0 Å². The second kappa shape index (κ2) is 3.08.